The molecule has 0 radical (unpaired) electrons. The fourth-order valence-electron chi connectivity index (χ4n) is 2.60. The molecule has 0 saturated carbocycles. The van der Waals surface area contributed by atoms with E-state index < -0.39 is 0 Å². The van der Waals surface area contributed by atoms with Crippen molar-refractivity contribution >= 4 is 32.9 Å². The van der Waals surface area contributed by atoms with Crippen molar-refractivity contribution in [1.82, 2.24) is 0 Å². The highest BCUT2D eigenvalue weighted by Gasteiger charge is 2.30. The highest BCUT2D eigenvalue weighted by atomic mass is 32.9. The molecule has 126 valence electrons. The lowest BCUT2D eigenvalue weighted by atomic mass is 9.74. The number of phenolic OH excluding ortho intramolecular Hbond substituents is 1. The minimum atomic E-state index is -0.0697. The van der Waals surface area contributed by atoms with Gasteiger partial charge in [-0.1, -0.05) is 74.4 Å². The molecule has 1 heterocycles. The largest absolute Gasteiger partial charge is 0.507 e. The molecule has 2 aromatic rings. The van der Waals surface area contributed by atoms with Crippen LogP contribution >= 0.6 is 32.9 Å². The Hall–Kier alpha value is -0.710. The van der Waals surface area contributed by atoms with E-state index in [1.54, 1.807) is 20.7 Å². The maximum atomic E-state index is 11.0. The highest BCUT2D eigenvalue weighted by Crippen LogP contribution is 2.44. The van der Waals surface area contributed by atoms with Crippen molar-refractivity contribution < 1.29 is 5.11 Å². The van der Waals surface area contributed by atoms with Gasteiger partial charge in [-0.05, 0) is 41.4 Å². The van der Waals surface area contributed by atoms with Crippen molar-refractivity contribution in [2.75, 3.05) is 0 Å². The fraction of sp³-hybridized carbons (Fsp3) is 0.526. The van der Waals surface area contributed by atoms with Gasteiger partial charge in [0.05, 0.1) is 0 Å². The molecule has 0 amide bonds. The van der Waals surface area contributed by atoms with Crippen LogP contribution in [0.5, 0.6) is 5.75 Å². The second-order valence-corrected chi connectivity index (χ2v) is 10.1. The van der Waals surface area contributed by atoms with Crippen LogP contribution in [0.2, 0.25) is 0 Å². The van der Waals surface area contributed by atoms with Crippen LogP contribution in [0.15, 0.2) is 17.5 Å². The number of aromatic hydroxyl groups is 1. The Balaban J connectivity index is 2.81. The van der Waals surface area contributed by atoms with E-state index in [-0.39, 0.29) is 10.8 Å². The quantitative estimate of drug-likeness (QED) is 0.443. The van der Waals surface area contributed by atoms with Crippen LogP contribution in [0.4, 0.5) is 0 Å². The average Bonchev–Trinajstić information content (AvgIpc) is 2.93. The van der Waals surface area contributed by atoms with E-state index >= 15 is 0 Å². The van der Waals surface area contributed by atoms with Gasteiger partial charge in [-0.3, -0.25) is 0 Å². The number of phenols is 1. The lowest BCUT2D eigenvalue weighted by Gasteiger charge is -2.31. The van der Waals surface area contributed by atoms with Crippen LogP contribution in [0.1, 0.15) is 65.5 Å². The van der Waals surface area contributed by atoms with E-state index in [9.17, 15) is 5.11 Å². The predicted molar refractivity (Wildman–Crippen MR) is 107 cm³/mol. The zero-order valence-electron chi connectivity index (χ0n) is 14.8. The SMILES string of the molecule is CCC(C)(C)c1cc(-c2cssc2=S)cc(C(C)(C)CC)c1O. The molecule has 1 aromatic carbocycles. The third kappa shape index (κ3) is 3.54. The van der Waals surface area contributed by atoms with Gasteiger partial charge in [0.2, 0.25) is 0 Å². The second-order valence-electron chi connectivity index (χ2n) is 7.39. The van der Waals surface area contributed by atoms with Crippen molar-refractivity contribution in [3.05, 3.63) is 32.5 Å². The molecule has 1 nitrogen and oxygen atoms in total. The van der Waals surface area contributed by atoms with E-state index in [2.05, 4.69) is 59.1 Å². The van der Waals surface area contributed by atoms with Gasteiger partial charge >= 0.3 is 0 Å². The number of rotatable bonds is 5. The monoisotopic (exact) mass is 366 g/mol. The summed E-state index contributed by atoms with van der Waals surface area (Å²) in [6.45, 7) is 13.1. The molecule has 1 N–H and O–H groups in total. The summed E-state index contributed by atoms with van der Waals surface area (Å²) < 4.78 is 0.932. The second kappa shape index (κ2) is 6.66. The Bertz CT molecular complexity index is 713. The van der Waals surface area contributed by atoms with Crippen LogP contribution in [-0.2, 0) is 10.8 Å². The summed E-state index contributed by atoms with van der Waals surface area (Å²) in [5, 5.41) is 13.1. The standard InChI is InChI=1S/C19H26OS3/c1-7-18(3,4)14-9-12(13-11-22-23-17(13)21)10-15(16(14)20)19(5,6)8-2/h9-11,20H,7-8H2,1-6H3. The van der Waals surface area contributed by atoms with E-state index in [0.29, 0.717) is 5.75 Å². The molecule has 0 aliphatic rings. The van der Waals surface area contributed by atoms with Gasteiger partial charge in [-0.25, -0.2) is 0 Å². The lowest BCUT2D eigenvalue weighted by molar-refractivity contribution is 0.400. The van der Waals surface area contributed by atoms with Crippen molar-refractivity contribution in [3.63, 3.8) is 0 Å². The zero-order valence-corrected chi connectivity index (χ0v) is 17.3. The fourth-order valence-corrected chi connectivity index (χ4v) is 4.99. The zero-order chi connectivity index (χ0) is 17.4. The molecule has 0 atom stereocenters. The molecular formula is C19H26OS3. The molecule has 0 saturated heterocycles. The summed E-state index contributed by atoms with van der Waals surface area (Å²) in [6, 6.07) is 4.28. The first-order chi connectivity index (χ1) is 10.6. The molecule has 0 aliphatic carbocycles. The molecule has 0 aliphatic heterocycles. The first-order valence-corrected chi connectivity index (χ1v) is 10.7. The van der Waals surface area contributed by atoms with Crippen LogP contribution in [-0.4, -0.2) is 5.11 Å². The molecule has 0 unspecified atom stereocenters. The summed E-state index contributed by atoms with van der Waals surface area (Å²) in [7, 11) is 3.31. The van der Waals surface area contributed by atoms with E-state index in [1.165, 1.54) is 0 Å². The van der Waals surface area contributed by atoms with Gasteiger partial charge in [-0.2, -0.15) is 0 Å². The van der Waals surface area contributed by atoms with E-state index in [4.69, 9.17) is 12.2 Å². The van der Waals surface area contributed by atoms with Gasteiger partial charge in [0, 0.05) is 22.1 Å². The van der Waals surface area contributed by atoms with Crippen LogP contribution in [0.25, 0.3) is 11.1 Å². The van der Waals surface area contributed by atoms with Crippen LogP contribution in [0, 0.1) is 3.82 Å². The topological polar surface area (TPSA) is 20.2 Å². The van der Waals surface area contributed by atoms with Gasteiger partial charge in [0.1, 0.15) is 9.57 Å². The maximum absolute atomic E-state index is 11.0. The average molecular weight is 367 g/mol. The molecule has 23 heavy (non-hydrogen) atoms. The van der Waals surface area contributed by atoms with Gasteiger partial charge in [0.15, 0.2) is 0 Å². The van der Waals surface area contributed by atoms with Gasteiger partial charge in [-0.15, -0.1) is 0 Å². The Morgan fingerprint density at radius 2 is 1.48 bits per heavy atom. The molecule has 0 spiro atoms. The maximum Gasteiger partial charge on any atom is 0.123 e. The Morgan fingerprint density at radius 1 is 1.00 bits per heavy atom. The Kier molecular flexibility index (Phi) is 5.39. The molecular weight excluding hydrogens is 340 g/mol. The van der Waals surface area contributed by atoms with Crippen molar-refractivity contribution in [3.8, 4) is 16.9 Å². The third-order valence-corrected chi connectivity index (χ3v) is 7.82. The molecule has 2 rings (SSSR count). The van der Waals surface area contributed by atoms with E-state index in [1.807, 2.05) is 0 Å². The number of benzene rings is 1. The summed E-state index contributed by atoms with van der Waals surface area (Å²) in [6.07, 6.45) is 1.95. The minimum absolute atomic E-state index is 0.0697. The minimum Gasteiger partial charge on any atom is -0.507 e. The molecule has 0 bridgehead atoms. The van der Waals surface area contributed by atoms with Crippen molar-refractivity contribution in [1.29, 1.82) is 0 Å². The smallest absolute Gasteiger partial charge is 0.123 e. The molecule has 0 fully saturated rings. The van der Waals surface area contributed by atoms with Crippen LogP contribution < -0.4 is 0 Å². The summed E-state index contributed by atoms with van der Waals surface area (Å²) >= 11 is 5.50. The first-order valence-electron chi connectivity index (χ1n) is 8.10. The van der Waals surface area contributed by atoms with Gasteiger partial charge in [0.25, 0.3) is 0 Å². The normalized spacial score (nSPS) is 12.6. The van der Waals surface area contributed by atoms with Crippen LogP contribution in [0.3, 0.4) is 0 Å². The summed E-state index contributed by atoms with van der Waals surface area (Å²) in [4.78, 5) is 0. The summed E-state index contributed by atoms with van der Waals surface area (Å²) in [5.41, 5.74) is 4.17. The highest BCUT2D eigenvalue weighted by molar-refractivity contribution is 7.79. The Labute approximate surface area is 152 Å². The third-order valence-electron chi connectivity index (χ3n) is 5.16. The van der Waals surface area contributed by atoms with Gasteiger partial charge < -0.3 is 5.11 Å². The predicted octanol–water partition coefficient (Wildman–Crippen LogP) is 7.29. The van der Waals surface area contributed by atoms with E-state index in [0.717, 1.165) is 38.9 Å². The van der Waals surface area contributed by atoms with Crippen molar-refractivity contribution in [2.24, 2.45) is 0 Å². The number of hydrogen-bond donors (Lipinski definition) is 1. The Morgan fingerprint density at radius 3 is 1.83 bits per heavy atom. The molecule has 1 aromatic heterocycles. The summed E-state index contributed by atoms with van der Waals surface area (Å²) in [5.74, 6) is 0.456. The molecule has 4 heteroatoms. The van der Waals surface area contributed by atoms with Crippen molar-refractivity contribution in [2.45, 2.75) is 65.2 Å². The lowest BCUT2D eigenvalue weighted by Crippen LogP contribution is -2.21. The number of hydrogen-bond acceptors (Lipinski definition) is 4. The first kappa shape index (κ1) is 18.6.